The van der Waals surface area contributed by atoms with Crippen LogP contribution in [0.1, 0.15) is 5.56 Å². The van der Waals surface area contributed by atoms with Crippen LogP contribution in [0.5, 0.6) is 0 Å². The van der Waals surface area contributed by atoms with Gasteiger partial charge in [-0.05, 0) is 0 Å². The first-order chi connectivity index (χ1) is 6.24. The molecule has 0 aliphatic carbocycles. The summed E-state index contributed by atoms with van der Waals surface area (Å²) in [6, 6.07) is 2.03. The van der Waals surface area contributed by atoms with Gasteiger partial charge in [-0.3, -0.25) is 4.98 Å². The van der Waals surface area contributed by atoms with Crippen molar-refractivity contribution < 1.29 is 0 Å². The van der Waals surface area contributed by atoms with Gasteiger partial charge in [-0.25, -0.2) is 0 Å². The molecule has 64 valence electrons. The molecule has 2 rings (SSSR count). The summed E-state index contributed by atoms with van der Waals surface area (Å²) in [4.78, 5) is 3.90. The molecule has 0 aromatic carbocycles. The van der Waals surface area contributed by atoms with Gasteiger partial charge in [-0.2, -0.15) is 5.26 Å². The molecule has 0 radical (unpaired) electrons. The third kappa shape index (κ3) is 1.13. The van der Waals surface area contributed by atoms with Gasteiger partial charge in [0, 0.05) is 17.8 Å². The summed E-state index contributed by atoms with van der Waals surface area (Å²) in [5.74, 6) is 0. The SMILES string of the molecule is N#Cc1c(N)sc2c(Cl)cncc12. The normalized spacial score (nSPS) is 10.2. The Hall–Kier alpha value is -1.31. The molecule has 0 saturated carbocycles. The maximum absolute atomic E-state index is 8.80. The van der Waals surface area contributed by atoms with Gasteiger partial charge in [0.2, 0.25) is 0 Å². The Morgan fingerprint density at radius 2 is 2.31 bits per heavy atom. The van der Waals surface area contributed by atoms with Gasteiger partial charge < -0.3 is 5.73 Å². The molecule has 0 spiro atoms. The fraction of sp³-hybridized carbons (Fsp3) is 0. The maximum atomic E-state index is 8.80. The number of halogens is 1. The fourth-order valence-corrected chi connectivity index (χ4v) is 2.28. The molecule has 2 aromatic rings. The third-order valence-electron chi connectivity index (χ3n) is 1.69. The van der Waals surface area contributed by atoms with Crippen LogP contribution in [0.15, 0.2) is 12.4 Å². The second-order valence-electron chi connectivity index (χ2n) is 2.45. The van der Waals surface area contributed by atoms with Crippen LogP contribution in [0.4, 0.5) is 5.00 Å². The van der Waals surface area contributed by atoms with Crippen molar-refractivity contribution in [1.29, 1.82) is 5.26 Å². The molecule has 0 aliphatic heterocycles. The van der Waals surface area contributed by atoms with Gasteiger partial charge in [0.15, 0.2) is 0 Å². The number of anilines is 1. The largest absolute Gasteiger partial charge is 0.389 e. The maximum Gasteiger partial charge on any atom is 0.105 e. The van der Waals surface area contributed by atoms with E-state index in [4.69, 9.17) is 22.6 Å². The lowest BCUT2D eigenvalue weighted by Gasteiger charge is -1.90. The minimum atomic E-state index is 0.468. The van der Waals surface area contributed by atoms with Crippen molar-refractivity contribution in [1.82, 2.24) is 4.98 Å². The molecule has 0 aliphatic rings. The van der Waals surface area contributed by atoms with Crippen LogP contribution in [-0.2, 0) is 0 Å². The Kier molecular flexibility index (Phi) is 1.83. The van der Waals surface area contributed by atoms with Gasteiger partial charge >= 0.3 is 0 Å². The van der Waals surface area contributed by atoms with Crippen molar-refractivity contribution in [3.05, 3.63) is 23.0 Å². The lowest BCUT2D eigenvalue weighted by molar-refractivity contribution is 1.37. The minimum absolute atomic E-state index is 0.468. The summed E-state index contributed by atoms with van der Waals surface area (Å²) in [6.07, 6.45) is 3.15. The number of nitrogens with zero attached hydrogens (tertiary/aromatic N) is 2. The lowest BCUT2D eigenvalue weighted by atomic mass is 10.2. The van der Waals surface area contributed by atoms with Crippen LogP contribution in [0.25, 0.3) is 10.1 Å². The number of aromatic nitrogens is 1. The molecule has 0 atom stereocenters. The number of thiophene rings is 1. The average molecular weight is 210 g/mol. The van der Waals surface area contributed by atoms with E-state index in [2.05, 4.69) is 4.98 Å². The predicted octanol–water partition coefficient (Wildman–Crippen LogP) is 2.40. The van der Waals surface area contributed by atoms with E-state index in [1.165, 1.54) is 11.3 Å². The molecule has 0 fully saturated rings. The van der Waals surface area contributed by atoms with Crippen molar-refractivity contribution in [3.63, 3.8) is 0 Å². The summed E-state index contributed by atoms with van der Waals surface area (Å²) in [5.41, 5.74) is 6.11. The van der Waals surface area contributed by atoms with E-state index in [9.17, 15) is 0 Å². The molecule has 2 heterocycles. The second kappa shape index (κ2) is 2.87. The lowest BCUT2D eigenvalue weighted by Crippen LogP contribution is -1.82. The van der Waals surface area contributed by atoms with E-state index in [1.54, 1.807) is 12.4 Å². The molecule has 0 bridgehead atoms. The Morgan fingerprint density at radius 3 is 3.00 bits per heavy atom. The highest BCUT2D eigenvalue weighted by atomic mass is 35.5. The quantitative estimate of drug-likeness (QED) is 0.725. The fourth-order valence-electron chi connectivity index (χ4n) is 1.11. The van der Waals surface area contributed by atoms with Gasteiger partial charge in [0.1, 0.15) is 11.1 Å². The molecule has 13 heavy (non-hydrogen) atoms. The molecule has 3 nitrogen and oxygen atoms in total. The van der Waals surface area contributed by atoms with Crippen LogP contribution in [0, 0.1) is 11.3 Å². The van der Waals surface area contributed by atoms with E-state index < -0.39 is 0 Å². The monoisotopic (exact) mass is 209 g/mol. The number of pyridine rings is 1. The summed E-state index contributed by atoms with van der Waals surface area (Å²) < 4.78 is 0.825. The van der Waals surface area contributed by atoms with Crippen LogP contribution < -0.4 is 5.73 Å². The highest BCUT2D eigenvalue weighted by Gasteiger charge is 2.11. The summed E-state index contributed by atoms with van der Waals surface area (Å²) in [6.45, 7) is 0. The highest BCUT2D eigenvalue weighted by molar-refractivity contribution is 7.23. The summed E-state index contributed by atoms with van der Waals surface area (Å²) in [5, 5.41) is 10.6. The zero-order valence-corrected chi connectivity index (χ0v) is 7.99. The molecule has 0 amide bonds. The summed E-state index contributed by atoms with van der Waals surface area (Å²) >= 11 is 7.20. The van der Waals surface area contributed by atoms with E-state index in [0.717, 1.165) is 10.1 Å². The third-order valence-corrected chi connectivity index (χ3v) is 3.16. The zero-order chi connectivity index (χ0) is 9.42. The van der Waals surface area contributed by atoms with Gasteiger partial charge in [-0.15, -0.1) is 11.3 Å². The highest BCUT2D eigenvalue weighted by Crippen LogP contribution is 2.36. The van der Waals surface area contributed by atoms with Crippen LogP contribution in [-0.4, -0.2) is 4.98 Å². The Labute approximate surface area is 83.4 Å². The van der Waals surface area contributed by atoms with Gasteiger partial charge in [-0.1, -0.05) is 11.6 Å². The molecule has 2 N–H and O–H groups in total. The molecule has 2 aromatic heterocycles. The van der Waals surface area contributed by atoms with Crippen molar-refractivity contribution in [2.45, 2.75) is 0 Å². The number of nitrogens with two attached hydrogens (primary N) is 1. The number of rotatable bonds is 0. The molecular formula is C8H4ClN3S. The number of fused-ring (bicyclic) bond motifs is 1. The molecule has 5 heteroatoms. The molecule has 0 saturated heterocycles. The first-order valence-electron chi connectivity index (χ1n) is 3.45. The Bertz CT molecular complexity index is 512. The van der Waals surface area contributed by atoms with Crippen LogP contribution >= 0.6 is 22.9 Å². The average Bonchev–Trinajstić information content (AvgIpc) is 2.43. The van der Waals surface area contributed by atoms with E-state index in [0.29, 0.717) is 15.6 Å². The first-order valence-corrected chi connectivity index (χ1v) is 4.65. The Balaban J connectivity index is 2.96. The number of hydrogen-bond acceptors (Lipinski definition) is 4. The van der Waals surface area contributed by atoms with Gasteiger partial charge in [0.05, 0.1) is 15.3 Å². The van der Waals surface area contributed by atoms with Crippen molar-refractivity contribution in [3.8, 4) is 6.07 Å². The zero-order valence-electron chi connectivity index (χ0n) is 6.41. The van der Waals surface area contributed by atoms with Gasteiger partial charge in [0.25, 0.3) is 0 Å². The predicted molar refractivity (Wildman–Crippen MR) is 53.8 cm³/mol. The molecule has 0 unspecified atom stereocenters. The van der Waals surface area contributed by atoms with Crippen LogP contribution in [0.2, 0.25) is 5.02 Å². The van der Waals surface area contributed by atoms with E-state index >= 15 is 0 Å². The number of nitriles is 1. The smallest absolute Gasteiger partial charge is 0.105 e. The number of nitrogen functional groups attached to an aromatic ring is 1. The molecular weight excluding hydrogens is 206 g/mol. The second-order valence-corrected chi connectivity index (χ2v) is 3.91. The summed E-state index contributed by atoms with van der Waals surface area (Å²) in [7, 11) is 0. The van der Waals surface area contributed by atoms with Crippen molar-refractivity contribution in [2.24, 2.45) is 0 Å². The standard InChI is InChI=1S/C8H4ClN3S/c9-6-3-12-2-5-4(1-10)8(11)13-7(5)6/h2-3H,11H2. The number of hydrogen-bond donors (Lipinski definition) is 1. The van der Waals surface area contributed by atoms with E-state index in [1.807, 2.05) is 6.07 Å². The van der Waals surface area contributed by atoms with Crippen LogP contribution in [0.3, 0.4) is 0 Å². The minimum Gasteiger partial charge on any atom is -0.389 e. The topological polar surface area (TPSA) is 62.7 Å². The van der Waals surface area contributed by atoms with E-state index in [-0.39, 0.29) is 0 Å². The van der Waals surface area contributed by atoms with Crippen molar-refractivity contribution >= 4 is 38.0 Å². The Morgan fingerprint density at radius 1 is 1.54 bits per heavy atom. The first kappa shape index (κ1) is 8.30. The van der Waals surface area contributed by atoms with Crippen molar-refractivity contribution in [2.75, 3.05) is 5.73 Å².